The molecule has 13 aromatic rings. The third-order valence-corrected chi connectivity index (χ3v) is 12.7. The van der Waals surface area contributed by atoms with Crippen molar-refractivity contribution in [2.75, 3.05) is 4.90 Å². The van der Waals surface area contributed by atoms with Crippen LogP contribution in [-0.4, -0.2) is 4.57 Å². The first-order valence-corrected chi connectivity index (χ1v) is 20.9. The molecule has 2 heterocycles. The quantitative estimate of drug-likeness (QED) is 0.162. The summed E-state index contributed by atoms with van der Waals surface area (Å²) in [6.45, 7) is 0. The summed E-state index contributed by atoms with van der Waals surface area (Å²) in [4.78, 5) is 2.35. The molecular formula is C58H36N2O. The van der Waals surface area contributed by atoms with Crippen LogP contribution in [0.4, 0.5) is 17.1 Å². The van der Waals surface area contributed by atoms with Gasteiger partial charge < -0.3 is 13.9 Å². The van der Waals surface area contributed by atoms with E-state index in [2.05, 4.69) is 228 Å². The van der Waals surface area contributed by atoms with Crippen molar-refractivity contribution in [1.29, 1.82) is 0 Å². The molecule has 3 heteroatoms. The van der Waals surface area contributed by atoms with Crippen molar-refractivity contribution in [3.8, 4) is 16.8 Å². The van der Waals surface area contributed by atoms with Gasteiger partial charge in [-0.3, -0.25) is 0 Å². The van der Waals surface area contributed by atoms with E-state index in [9.17, 15) is 0 Å². The molecule has 0 bridgehead atoms. The summed E-state index contributed by atoms with van der Waals surface area (Å²) in [5.74, 6) is 0. The van der Waals surface area contributed by atoms with E-state index >= 15 is 0 Å². The van der Waals surface area contributed by atoms with Gasteiger partial charge in [-0.2, -0.15) is 0 Å². The van der Waals surface area contributed by atoms with Crippen LogP contribution in [0.3, 0.4) is 0 Å². The van der Waals surface area contributed by atoms with Gasteiger partial charge in [0.15, 0.2) is 0 Å². The molecule has 0 atom stereocenters. The van der Waals surface area contributed by atoms with Crippen molar-refractivity contribution in [2.24, 2.45) is 0 Å². The van der Waals surface area contributed by atoms with Gasteiger partial charge in [0.2, 0.25) is 0 Å². The maximum absolute atomic E-state index is 6.72. The topological polar surface area (TPSA) is 21.3 Å². The van der Waals surface area contributed by atoms with Crippen molar-refractivity contribution in [2.45, 2.75) is 0 Å². The lowest BCUT2D eigenvalue weighted by Crippen LogP contribution is -2.09. The fourth-order valence-electron chi connectivity index (χ4n) is 9.82. The van der Waals surface area contributed by atoms with Crippen molar-refractivity contribution in [1.82, 2.24) is 4.57 Å². The highest BCUT2D eigenvalue weighted by Gasteiger charge is 2.19. The Bertz CT molecular complexity index is 3880. The van der Waals surface area contributed by atoms with Gasteiger partial charge in [0.25, 0.3) is 0 Å². The maximum Gasteiger partial charge on any atom is 0.143 e. The molecule has 0 spiro atoms. The Morgan fingerprint density at radius 2 is 0.869 bits per heavy atom. The fourth-order valence-corrected chi connectivity index (χ4v) is 9.82. The van der Waals surface area contributed by atoms with E-state index in [1.807, 2.05) is 0 Å². The van der Waals surface area contributed by atoms with E-state index in [0.29, 0.717) is 0 Å². The second-order valence-electron chi connectivity index (χ2n) is 16.1. The molecule has 0 N–H and O–H groups in total. The lowest BCUT2D eigenvalue weighted by molar-refractivity contribution is 0.672. The molecule has 13 rings (SSSR count). The number of fused-ring (bicyclic) bond motifs is 13. The summed E-state index contributed by atoms with van der Waals surface area (Å²) < 4.78 is 9.15. The Hall–Kier alpha value is -8.14. The molecular weight excluding hydrogens is 741 g/mol. The summed E-state index contributed by atoms with van der Waals surface area (Å²) in [6.07, 6.45) is 0. The molecule has 0 aliphatic rings. The van der Waals surface area contributed by atoms with Crippen molar-refractivity contribution in [3.63, 3.8) is 0 Å². The van der Waals surface area contributed by atoms with Gasteiger partial charge in [0, 0.05) is 61.1 Å². The molecule has 0 unspecified atom stereocenters. The number of nitrogens with zero attached hydrogens (tertiary/aromatic N) is 2. The first-order valence-electron chi connectivity index (χ1n) is 20.9. The Morgan fingerprint density at radius 3 is 1.67 bits per heavy atom. The molecule has 0 aliphatic carbocycles. The van der Waals surface area contributed by atoms with Gasteiger partial charge in [-0.25, -0.2) is 0 Å². The monoisotopic (exact) mass is 776 g/mol. The molecule has 11 aromatic carbocycles. The zero-order valence-corrected chi connectivity index (χ0v) is 33.1. The molecule has 0 fully saturated rings. The number of benzene rings is 11. The van der Waals surface area contributed by atoms with Gasteiger partial charge in [-0.1, -0.05) is 152 Å². The lowest BCUT2D eigenvalue weighted by atomic mass is 10.0. The van der Waals surface area contributed by atoms with Crippen LogP contribution in [0.5, 0.6) is 0 Å². The van der Waals surface area contributed by atoms with Crippen LogP contribution >= 0.6 is 0 Å². The van der Waals surface area contributed by atoms with E-state index in [4.69, 9.17) is 4.42 Å². The maximum atomic E-state index is 6.72. The van der Waals surface area contributed by atoms with Crippen LogP contribution in [0.2, 0.25) is 0 Å². The van der Waals surface area contributed by atoms with Gasteiger partial charge in [-0.05, 0) is 104 Å². The summed E-state index contributed by atoms with van der Waals surface area (Å²) in [6, 6.07) is 79.3. The van der Waals surface area contributed by atoms with Crippen LogP contribution in [0, 0.1) is 0 Å². The number of furan rings is 1. The second kappa shape index (κ2) is 13.2. The molecule has 0 radical (unpaired) electrons. The van der Waals surface area contributed by atoms with Crippen LogP contribution in [0.25, 0.3) is 104 Å². The third kappa shape index (κ3) is 5.24. The van der Waals surface area contributed by atoms with E-state index in [1.165, 1.54) is 65.1 Å². The highest BCUT2D eigenvalue weighted by atomic mass is 16.3. The highest BCUT2D eigenvalue weighted by molar-refractivity contribution is 6.19. The van der Waals surface area contributed by atoms with Crippen LogP contribution in [0.1, 0.15) is 0 Å². The Kier molecular flexibility index (Phi) is 7.31. The van der Waals surface area contributed by atoms with Crippen molar-refractivity contribution in [3.05, 3.63) is 218 Å². The molecule has 2 aromatic heterocycles. The smallest absolute Gasteiger partial charge is 0.143 e. The predicted octanol–water partition coefficient (Wildman–Crippen LogP) is 16.4. The van der Waals surface area contributed by atoms with E-state index in [-0.39, 0.29) is 0 Å². The summed E-state index contributed by atoms with van der Waals surface area (Å²) in [5.41, 5.74) is 10.9. The fraction of sp³-hybridized carbons (Fsp3) is 0. The number of hydrogen-bond donors (Lipinski definition) is 0. The number of aromatic nitrogens is 1. The van der Waals surface area contributed by atoms with Crippen LogP contribution in [-0.2, 0) is 0 Å². The number of hydrogen-bond acceptors (Lipinski definition) is 2. The second-order valence-corrected chi connectivity index (χ2v) is 16.1. The normalized spacial score (nSPS) is 11.9. The van der Waals surface area contributed by atoms with Gasteiger partial charge in [-0.15, -0.1) is 0 Å². The van der Waals surface area contributed by atoms with Crippen LogP contribution in [0.15, 0.2) is 223 Å². The number of anilines is 3. The summed E-state index contributed by atoms with van der Waals surface area (Å²) in [5, 5.41) is 14.5. The summed E-state index contributed by atoms with van der Waals surface area (Å²) >= 11 is 0. The minimum absolute atomic E-state index is 0.868. The van der Waals surface area contributed by atoms with Crippen LogP contribution < -0.4 is 4.90 Å². The number of rotatable bonds is 5. The average Bonchev–Trinajstić information content (AvgIpc) is 3.88. The van der Waals surface area contributed by atoms with Gasteiger partial charge in [0.1, 0.15) is 11.2 Å². The molecule has 3 nitrogen and oxygen atoms in total. The number of para-hydroxylation sites is 1. The summed E-state index contributed by atoms with van der Waals surface area (Å²) in [7, 11) is 0. The van der Waals surface area contributed by atoms with E-state index in [1.54, 1.807) is 0 Å². The van der Waals surface area contributed by atoms with Crippen molar-refractivity contribution < 1.29 is 4.42 Å². The third-order valence-electron chi connectivity index (χ3n) is 12.7. The molecule has 0 saturated heterocycles. The lowest BCUT2D eigenvalue weighted by Gasteiger charge is -2.26. The Labute approximate surface area is 351 Å². The van der Waals surface area contributed by atoms with E-state index < -0.39 is 0 Å². The standard InChI is InChI=1S/C58H36N2O/c1-2-13-43(14-3-1)60-55-35-41(24-29-51(55)53-30-22-39-11-5-8-16-49(39)57(53)60)37-20-25-44(26-21-37)59(45-27-32-48-42(34-45)19-18-38-10-4-7-15-47(38)48)46-28-33-52-54-31-23-40-12-6-9-17-50(40)58(54)61-56(52)36-46/h1-36H. The van der Waals surface area contributed by atoms with Crippen molar-refractivity contribution >= 4 is 104 Å². The molecule has 0 saturated carbocycles. The Morgan fingerprint density at radius 1 is 0.328 bits per heavy atom. The first-order chi connectivity index (χ1) is 30.2. The minimum atomic E-state index is 0.868. The van der Waals surface area contributed by atoms with Gasteiger partial charge >= 0.3 is 0 Å². The minimum Gasteiger partial charge on any atom is -0.455 e. The Balaban J connectivity index is 0.970. The zero-order valence-electron chi connectivity index (χ0n) is 33.1. The molecule has 61 heavy (non-hydrogen) atoms. The highest BCUT2D eigenvalue weighted by Crippen LogP contribution is 2.43. The molecule has 0 amide bonds. The molecule has 0 aliphatic heterocycles. The van der Waals surface area contributed by atoms with E-state index in [0.717, 1.165) is 55.6 Å². The largest absolute Gasteiger partial charge is 0.455 e. The first kappa shape index (κ1) is 33.8. The predicted molar refractivity (Wildman–Crippen MR) is 258 cm³/mol. The molecule has 284 valence electrons. The average molecular weight is 777 g/mol. The SMILES string of the molecule is c1ccc(-n2c3cc(-c4ccc(N(c5ccc6c(ccc7ccccc76)c5)c5ccc6c(c5)oc5c7ccccc7ccc65)cc4)ccc3c3ccc4ccccc4c32)cc1. The van der Waals surface area contributed by atoms with Gasteiger partial charge in [0.05, 0.1) is 11.0 Å². The zero-order chi connectivity index (χ0) is 40.0.